The Labute approximate surface area is 109 Å². The Hall–Kier alpha value is -1.10. The molecule has 2 N–H and O–H groups in total. The van der Waals surface area contributed by atoms with E-state index in [0.717, 1.165) is 13.0 Å². The quantitative estimate of drug-likeness (QED) is 0.694. The fourth-order valence-corrected chi connectivity index (χ4v) is 2.07. The number of nitrogens with one attached hydrogen (secondary N) is 1. The van der Waals surface area contributed by atoms with E-state index in [2.05, 4.69) is 19.2 Å². The van der Waals surface area contributed by atoms with E-state index in [1.165, 1.54) is 0 Å². The molecule has 0 saturated carbocycles. The van der Waals surface area contributed by atoms with E-state index >= 15 is 0 Å². The van der Waals surface area contributed by atoms with Crippen LogP contribution in [0.15, 0.2) is 0 Å². The molecule has 104 valence electrons. The summed E-state index contributed by atoms with van der Waals surface area (Å²) in [5.74, 6) is -0.290. The van der Waals surface area contributed by atoms with Gasteiger partial charge >= 0.3 is 5.97 Å². The molecule has 0 aliphatic carbocycles. The van der Waals surface area contributed by atoms with Crippen LogP contribution in [0.1, 0.15) is 33.1 Å². The second-order valence-electron chi connectivity index (χ2n) is 5.35. The SMILES string of the molecule is CC(C)CCNCC(=O)N1CCC(C(=O)O)CC1. The first-order valence-electron chi connectivity index (χ1n) is 6.72. The van der Waals surface area contributed by atoms with Crippen molar-refractivity contribution in [3.8, 4) is 0 Å². The van der Waals surface area contributed by atoms with Gasteiger partial charge in [0.25, 0.3) is 0 Å². The number of aliphatic carboxylic acids is 1. The number of nitrogens with zero attached hydrogens (tertiary/aromatic N) is 1. The second kappa shape index (κ2) is 7.36. The molecule has 0 aromatic rings. The molecule has 5 nitrogen and oxygen atoms in total. The fraction of sp³-hybridized carbons (Fsp3) is 0.846. The summed E-state index contributed by atoms with van der Waals surface area (Å²) in [5.41, 5.74) is 0. The summed E-state index contributed by atoms with van der Waals surface area (Å²) < 4.78 is 0. The van der Waals surface area contributed by atoms with Crippen molar-refractivity contribution in [2.24, 2.45) is 11.8 Å². The number of carboxylic acids is 1. The van der Waals surface area contributed by atoms with Crippen LogP contribution in [-0.2, 0) is 9.59 Å². The molecule has 1 rings (SSSR count). The highest BCUT2D eigenvalue weighted by Crippen LogP contribution is 2.17. The van der Waals surface area contributed by atoms with Gasteiger partial charge in [0.2, 0.25) is 5.91 Å². The van der Waals surface area contributed by atoms with Gasteiger partial charge in [0.1, 0.15) is 0 Å². The average molecular weight is 256 g/mol. The van der Waals surface area contributed by atoms with Gasteiger partial charge in [0, 0.05) is 13.1 Å². The maximum absolute atomic E-state index is 11.8. The molecule has 1 fully saturated rings. The van der Waals surface area contributed by atoms with E-state index in [1.807, 2.05) is 0 Å². The molecular weight excluding hydrogens is 232 g/mol. The normalized spacial score (nSPS) is 17.2. The number of hydrogen-bond donors (Lipinski definition) is 2. The topological polar surface area (TPSA) is 69.6 Å². The first-order chi connectivity index (χ1) is 8.50. The number of likely N-dealkylation sites (tertiary alicyclic amines) is 1. The molecule has 1 aliphatic heterocycles. The highest BCUT2D eigenvalue weighted by Gasteiger charge is 2.26. The average Bonchev–Trinajstić information content (AvgIpc) is 2.34. The molecule has 0 atom stereocenters. The van der Waals surface area contributed by atoms with Gasteiger partial charge < -0.3 is 15.3 Å². The highest BCUT2D eigenvalue weighted by atomic mass is 16.4. The Morgan fingerprint density at radius 2 is 1.94 bits per heavy atom. The van der Waals surface area contributed by atoms with Gasteiger partial charge in [-0.2, -0.15) is 0 Å². The number of amides is 1. The van der Waals surface area contributed by atoms with E-state index in [9.17, 15) is 9.59 Å². The van der Waals surface area contributed by atoms with Crippen molar-refractivity contribution < 1.29 is 14.7 Å². The minimum atomic E-state index is -0.739. The Bertz CT molecular complexity index is 284. The number of carbonyl (C=O) groups excluding carboxylic acids is 1. The first kappa shape index (κ1) is 15.0. The Morgan fingerprint density at radius 1 is 1.33 bits per heavy atom. The molecule has 0 bridgehead atoms. The minimum Gasteiger partial charge on any atom is -0.481 e. The van der Waals surface area contributed by atoms with Crippen LogP contribution in [0, 0.1) is 11.8 Å². The molecule has 1 saturated heterocycles. The third-order valence-electron chi connectivity index (χ3n) is 3.37. The van der Waals surface area contributed by atoms with E-state index in [-0.39, 0.29) is 11.8 Å². The Balaban J connectivity index is 2.18. The molecule has 1 amide bonds. The van der Waals surface area contributed by atoms with Crippen LogP contribution in [0.5, 0.6) is 0 Å². The zero-order valence-electron chi connectivity index (χ0n) is 11.3. The number of hydrogen-bond acceptors (Lipinski definition) is 3. The van der Waals surface area contributed by atoms with E-state index in [4.69, 9.17) is 5.11 Å². The van der Waals surface area contributed by atoms with Gasteiger partial charge in [-0.1, -0.05) is 13.8 Å². The van der Waals surface area contributed by atoms with E-state index in [0.29, 0.717) is 38.4 Å². The third-order valence-corrected chi connectivity index (χ3v) is 3.37. The van der Waals surface area contributed by atoms with Crippen LogP contribution in [0.3, 0.4) is 0 Å². The molecule has 0 aromatic heterocycles. The van der Waals surface area contributed by atoms with Crippen molar-refractivity contribution in [2.75, 3.05) is 26.2 Å². The van der Waals surface area contributed by atoms with Crippen LogP contribution in [-0.4, -0.2) is 48.1 Å². The molecule has 0 radical (unpaired) electrons. The van der Waals surface area contributed by atoms with Gasteiger partial charge in [0.15, 0.2) is 0 Å². The van der Waals surface area contributed by atoms with E-state index < -0.39 is 5.97 Å². The smallest absolute Gasteiger partial charge is 0.306 e. The number of piperidine rings is 1. The number of rotatable bonds is 6. The zero-order valence-corrected chi connectivity index (χ0v) is 11.3. The standard InChI is InChI=1S/C13H24N2O3/c1-10(2)3-6-14-9-12(16)15-7-4-11(5-8-15)13(17)18/h10-11,14H,3-9H2,1-2H3,(H,17,18). The lowest BCUT2D eigenvalue weighted by Gasteiger charge is -2.30. The molecule has 18 heavy (non-hydrogen) atoms. The lowest BCUT2D eigenvalue weighted by molar-refractivity contribution is -0.145. The molecule has 0 aromatic carbocycles. The van der Waals surface area contributed by atoms with Crippen molar-refractivity contribution in [2.45, 2.75) is 33.1 Å². The molecular formula is C13H24N2O3. The summed E-state index contributed by atoms with van der Waals surface area (Å²) in [6, 6.07) is 0. The van der Waals surface area contributed by atoms with Gasteiger partial charge in [-0.15, -0.1) is 0 Å². The predicted molar refractivity (Wildman–Crippen MR) is 69.3 cm³/mol. The second-order valence-corrected chi connectivity index (χ2v) is 5.35. The lowest BCUT2D eigenvalue weighted by Crippen LogP contribution is -2.44. The predicted octanol–water partition coefficient (Wildman–Crippen LogP) is 0.945. The zero-order chi connectivity index (χ0) is 13.5. The number of carboxylic acid groups (broad SMARTS) is 1. The minimum absolute atomic E-state index is 0.0857. The first-order valence-corrected chi connectivity index (χ1v) is 6.72. The molecule has 1 heterocycles. The summed E-state index contributed by atoms with van der Waals surface area (Å²) in [7, 11) is 0. The van der Waals surface area contributed by atoms with Gasteiger partial charge in [-0.25, -0.2) is 0 Å². The fourth-order valence-electron chi connectivity index (χ4n) is 2.07. The van der Waals surface area contributed by atoms with Crippen molar-refractivity contribution in [1.82, 2.24) is 10.2 Å². The van der Waals surface area contributed by atoms with Crippen LogP contribution in [0.4, 0.5) is 0 Å². The maximum Gasteiger partial charge on any atom is 0.306 e. The van der Waals surface area contributed by atoms with Crippen molar-refractivity contribution >= 4 is 11.9 Å². The van der Waals surface area contributed by atoms with Gasteiger partial charge in [0.05, 0.1) is 12.5 Å². The maximum atomic E-state index is 11.8. The van der Waals surface area contributed by atoms with Gasteiger partial charge in [-0.05, 0) is 31.7 Å². The summed E-state index contributed by atoms with van der Waals surface area (Å²) in [6.45, 7) is 6.67. The Morgan fingerprint density at radius 3 is 2.44 bits per heavy atom. The molecule has 0 unspecified atom stereocenters. The third kappa shape index (κ3) is 5.04. The number of carbonyl (C=O) groups is 2. The summed E-state index contributed by atoms with van der Waals surface area (Å²) in [4.78, 5) is 24.4. The largest absolute Gasteiger partial charge is 0.481 e. The molecule has 1 aliphatic rings. The Kier molecular flexibility index (Phi) is 6.12. The van der Waals surface area contributed by atoms with Crippen molar-refractivity contribution in [1.29, 1.82) is 0 Å². The summed E-state index contributed by atoms with van der Waals surface area (Å²) in [6.07, 6.45) is 2.22. The van der Waals surface area contributed by atoms with Crippen molar-refractivity contribution in [3.63, 3.8) is 0 Å². The molecule has 5 heteroatoms. The van der Waals surface area contributed by atoms with E-state index in [1.54, 1.807) is 4.90 Å². The van der Waals surface area contributed by atoms with Crippen LogP contribution >= 0.6 is 0 Å². The van der Waals surface area contributed by atoms with Crippen molar-refractivity contribution in [3.05, 3.63) is 0 Å². The van der Waals surface area contributed by atoms with Crippen LogP contribution < -0.4 is 5.32 Å². The molecule has 0 spiro atoms. The van der Waals surface area contributed by atoms with Crippen LogP contribution in [0.25, 0.3) is 0 Å². The highest BCUT2D eigenvalue weighted by molar-refractivity contribution is 5.78. The van der Waals surface area contributed by atoms with Crippen LogP contribution in [0.2, 0.25) is 0 Å². The van der Waals surface area contributed by atoms with Gasteiger partial charge in [-0.3, -0.25) is 9.59 Å². The lowest BCUT2D eigenvalue weighted by atomic mass is 9.97. The summed E-state index contributed by atoms with van der Waals surface area (Å²) in [5, 5.41) is 12.0. The summed E-state index contributed by atoms with van der Waals surface area (Å²) >= 11 is 0. The monoisotopic (exact) mass is 256 g/mol.